The van der Waals surface area contributed by atoms with Crippen LogP contribution in [-0.2, 0) is 0 Å². The summed E-state index contributed by atoms with van der Waals surface area (Å²) in [6.07, 6.45) is 49.7. The van der Waals surface area contributed by atoms with Gasteiger partial charge in [0.05, 0.1) is 26.2 Å². The maximum absolute atomic E-state index is 2.34. The number of nitrogens with zero attached hydrogens (tertiary/aromatic N) is 1. The topological polar surface area (TPSA) is 0 Å². The van der Waals surface area contributed by atoms with E-state index in [0.29, 0.717) is 0 Å². The summed E-state index contributed by atoms with van der Waals surface area (Å²) < 4.78 is 1.48. The second-order valence-electron chi connectivity index (χ2n) is 14.8. The molecule has 0 atom stereocenters. The van der Waals surface area contributed by atoms with Gasteiger partial charge in [-0.3, -0.25) is 0 Å². The number of rotatable bonds is 38. The van der Waals surface area contributed by atoms with Gasteiger partial charge in [0.25, 0.3) is 0 Å². The van der Waals surface area contributed by atoms with Crippen LogP contribution in [0.25, 0.3) is 0 Å². The van der Waals surface area contributed by atoms with Crippen LogP contribution >= 0.6 is 0 Å². The molecular weight excluding hydrogens is 518 g/mol. The summed E-state index contributed by atoms with van der Waals surface area (Å²) in [5.41, 5.74) is 0. The van der Waals surface area contributed by atoms with E-state index in [2.05, 4.69) is 27.7 Å². The average molecular weight is 607 g/mol. The molecule has 0 bridgehead atoms. The van der Waals surface area contributed by atoms with E-state index in [4.69, 9.17) is 0 Å². The van der Waals surface area contributed by atoms with Gasteiger partial charge in [-0.05, 0) is 51.4 Å². The largest absolute Gasteiger partial charge is 0.324 e. The SMILES string of the molecule is CCCCCCCCCCC[N+](CCCCCCCCC)(CCCCCCCCCCC)CCCCCCCCCCC. The van der Waals surface area contributed by atoms with Gasteiger partial charge in [-0.2, -0.15) is 0 Å². The third-order valence-electron chi connectivity index (χ3n) is 10.4. The number of hydrogen-bond acceptors (Lipinski definition) is 0. The Kier molecular flexibility index (Phi) is 36.4. The van der Waals surface area contributed by atoms with E-state index in [1.165, 1.54) is 249 Å². The first kappa shape index (κ1) is 43.0. The first-order valence-electron chi connectivity index (χ1n) is 21.1. The lowest BCUT2D eigenvalue weighted by molar-refractivity contribution is -0.929. The molecule has 0 radical (unpaired) electrons. The van der Waals surface area contributed by atoms with Gasteiger partial charge in [-0.25, -0.2) is 0 Å². The van der Waals surface area contributed by atoms with E-state index in [1.54, 1.807) is 0 Å². The van der Waals surface area contributed by atoms with Gasteiger partial charge < -0.3 is 4.48 Å². The van der Waals surface area contributed by atoms with Crippen molar-refractivity contribution in [2.45, 2.75) is 246 Å². The maximum atomic E-state index is 2.34. The van der Waals surface area contributed by atoms with Crippen molar-refractivity contribution >= 4 is 0 Å². The molecule has 0 aliphatic carbocycles. The molecule has 0 aliphatic heterocycles. The van der Waals surface area contributed by atoms with Crippen molar-refractivity contribution in [2.24, 2.45) is 0 Å². The van der Waals surface area contributed by atoms with E-state index in [0.717, 1.165) is 0 Å². The molecule has 0 unspecified atom stereocenters. The van der Waals surface area contributed by atoms with Gasteiger partial charge in [-0.1, -0.05) is 195 Å². The van der Waals surface area contributed by atoms with Gasteiger partial charge in [0.15, 0.2) is 0 Å². The van der Waals surface area contributed by atoms with Crippen LogP contribution in [0.1, 0.15) is 246 Å². The fourth-order valence-electron chi connectivity index (χ4n) is 7.35. The zero-order valence-corrected chi connectivity index (χ0v) is 31.3. The van der Waals surface area contributed by atoms with Crippen LogP contribution in [-0.4, -0.2) is 30.7 Å². The number of unbranched alkanes of at least 4 members (excludes halogenated alkanes) is 30. The Morgan fingerprint density at radius 3 is 0.488 bits per heavy atom. The lowest BCUT2D eigenvalue weighted by atomic mass is 10.0. The van der Waals surface area contributed by atoms with Crippen LogP contribution in [0.15, 0.2) is 0 Å². The zero-order valence-electron chi connectivity index (χ0n) is 31.3. The van der Waals surface area contributed by atoms with Crippen molar-refractivity contribution in [3.63, 3.8) is 0 Å². The van der Waals surface area contributed by atoms with E-state index >= 15 is 0 Å². The monoisotopic (exact) mass is 607 g/mol. The molecule has 0 fully saturated rings. The molecule has 0 saturated heterocycles. The maximum Gasteiger partial charge on any atom is 0.0786 e. The lowest BCUT2D eigenvalue weighted by Crippen LogP contribution is -2.50. The van der Waals surface area contributed by atoms with Gasteiger partial charge in [0.2, 0.25) is 0 Å². The Morgan fingerprint density at radius 1 is 0.186 bits per heavy atom. The van der Waals surface area contributed by atoms with E-state index in [1.807, 2.05) is 0 Å². The van der Waals surface area contributed by atoms with Crippen molar-refractivity contribution in [2.75, 3.05) is 26.2 Å². The van der Waals surface area contributed by atoms with E-state index in [-0.39, 0.29) is 0 Å². The normalized spacial score (nSPS) is 12.0. The first-order valence-corrected chi connectivity index (χ1v) is 21.1. The molecule has 0 aromatic heterocycles. The molecule has 0 spiro atoms. The van der Waals surface area contributed by atoms with Crippen LogP contribution in [0.3, 0.4) is 0 Å². The summed E-state index contributed by atoms with van der Waals surface area (Å²) in [6, 6.07) is 0. The highest BCUT2D eigenvalue weighted by atomic mass is 15.3. The van der Waals surface area contributed by atoms with Crippen molar-refractivity contribution in [1.82, 2.24) is 0 Å². The summed E-state index contributed by atoms with van der Waals surface area (Å²) >= 11 is 0. The molecular formula is C42H88N+. The van der Waals surface area contributed by atoms with E-state index in [9.17, 15) is 0 Å². The van der Waals surface area contributed by atoms with Crippen molar-refractivity contribution < 1.29 is 4.48 Å². The second kappa shape index (κ2) is 36.4. The van der Waals surface area contributed by atoms with Crippen LogP contribution in [0.2, 0.25) is 0 Å². The molecule has 0 saturated carbocycles. The minimum absolute atomic E-state index is 1.37. The second-order valence-corrected chi connectivity index (χ2v) is 14.8. The summed E-state index contributed by atoms with van der Waals surface area (Å²) in [7, 11) is 0. The predicted molar refractivity (Wildman–Crippen MR) is 199 cm³/mol. The molecule has 1 nitrogen and oxygen atoms in total. The molecule has 43 heavy (non-hydrogen) atoms. The predicted octanol–water partition coefficient (Wildman–Crippen LogP) is 15.1. The summed E-state index contributed by atoms with van der Waals surface area (Å²) in [4.78, 5) is 0. The van der Waals surface area contributed by atoms with Crippen LogP contribution in [0, 0.1) is 0 Å². The van der Waals surface area contributed by atoms with Gasteiger partial charge in [0, 0.05) is 0 Å². The Hall–Kier alpha value is -0.0400. The zero-order chi connectivity index (χ0) is 31.4. The molecule has 0 N–H and O–H groups in total. The summed E-state index contributed by atoms with van der Waals surface area (Å²) in [6.45, 7) is 15.3. The van der Waals surface area contributed by atoms with Gasteiger partial charge in [-0.15, -0.1) is 0 Å². The minimum Gasteiger partial charge on any atom is -0.324 e. The Morgan fingerprint density at radius 2 is 0.326 bits per heavy atom. The van der Waals surface area contributed by atoms with E-state index < -0.39 is 0 Å². The van der Waals surface area contributed by atoms with Crippen LogP contribution in [0.4, 0.5) is 0 Å². The van der Waals surface area contributed by atoms with Crippen LogP contribution < -0.4 is 0 Å². The average Bonchev–Trinajstić information content (AvgIpc) is 3.02. The van der Waals surface area contributed by atoms with Crippen molar-refractivity contribution in [1.29, 1.82) is 0 Å². The highest BCUT2D eigenvalue weighted by molar-refractivity contribution is 4.56. The van der Waals surface area contributed by atoms with Crippen molar-refractivity contribution in [3.8, 4) is 0 Å². The molecule has 1 heteroatoms. The third-order valence-corrected chi connectivity index (χ3v) is 10.4. The molecule has 0 heterocycles. The third kappa shape index (κ3) is 31.7. The highest BCUT2D eigenvalue weighted by Crippen LogP contribution is 2.21. The highest BCUT2D eigenvalue weighted by Gasteiger charge is 2.25. The first-order chi connectivity index (χ1) is 21.2. The van der Waals surface area contributed by atoms with Crippen molar-refractivity contribution in [3.05, 3.63) is 0 Å². The summed E-state index contributed by atoms with van der Waals surface area (Å²) in [5, 5.41) is 0. The molecule has 0 aromatic rings. The Labute approximate surface area is 276 Å². The number of hydrogen-bond donors (Lipinski definition) is 0. The fourth-order valence-corrected chi connectivity index (χ4v) is 7.35. The fraction of sp³-hybridized carbons (Fsp3) is 1.00. The number of quaternary nitrogens is 1. The molecule has 260 valence electrons. The smallest absolute Gasteiger partial charge is 0.0786 e. The van der Waals surface area contributed by atoms with Crippen LogP contribution in [0.5, 0.6) is 0 Å². The molecule has 0 aliphatic rings. The molecule has 0 rings (SSSR count). The lowest BCUT2D eigenvalue weighted by Gasteiger charge is -2.40. The molecule has 0 aromatic carbocycles. The Bertz CT molecular complexity index is 430. The quantitative estimate of drug-likeness (QED) is 0.0484. The Balaban J connectivity index is 4.81. The van der Waals surface area contributed by atoms with Gasteiger partial charge in [0.1, 0.15) is 0 Å². The van der Waals surface area contributed by atoms with Gasteiger partial charge >= 0.3 is 0 Å². The summed E-state index contributed by atoms with van der Waals surface area (Å²) in [5.74, 6) is 0. The minimum atomic E-state index is 1.37. The molecule has 0 amide bonds. The standard InChI is InChI=1S/C42H88N/c1-5-9-13-17-21-24-28-32-36-40-43(39-35-31-27-20-16-12-8-4,41-37-33-29-25-22-18-14-10-6-2)42-38-34-30-26-23-19-15-11-7-3/h5-42H2,1-4H3/q+1.